The van der Waals surface area contributed by atoms with Crippen LogP contribution in [0.5, 0.6) is 5.75 Å². The molecule has 1 aromatic carbocycles. The Balaban J connectivity index is 1.62. The van der Waals surface area contributed by atoms with E-state index >= 15 is 0 Å². The van der Waals surface area contributed by atoms with E-state index in [1.165, 1.54) is 0 Å². The third-order valence-corrected chi connectivity index (χ3v) is 4.85. The molecule has 3 rings (SSSR count). The van der Waals surface area contributed by atoms with Gasteiger partial charge in [0.1, 0.15) is 5.75 Å². The highest BCUT2D eigenvalue weighted by Gasteiger charge is 2.22. The van der Waals surface area contributed by atoms with E-state index in [9.17, 15) is 4.39 Å². The molecule has 1 fully saturated rings. The summed E-state index contributed by atoms with van der Waals surface area (Å²) in [4.78, 5) is 7.41. The van der Waals surface area contributed by atoms with Gasteiger partial charge in [0.25, 0.3) is 0 Å². The molecule has 0 amide bonds. The molecule has 1 saturated carbocycles. The van der Waals surface area contributed by atoms with Gasteiger partial charge in [-0.25, -0.2) is 9.37 Å². The highest BCUT2D eigenvalue weighted by atomic mass is 35.5. The van der Waals surface area contributed by atoms with E-state index in [1.54, 1.807) is 18.2 Å². The van der Waals surface area contributed by atoms with Crippen LogP contribution >= 0.6 is 23.2 Å². The smallest absolute Gasteiger partial charge is 0.224 e. The molecule has 0 aliphatic heterocycles. The molecule has 140 valence electrons. The molecule has 0 atom stereocenters. The second-order valence-electron chi connectivity index (χ2n) is 6.25. The van der Waals surface area contributed by atoms with E-state index in [4.69, 9.17) is 27.9 Å². The second-order valence-corrected chi connectivity index (χ2v) is 7.00. The van der Waals surface area contributed by atoms with Crippen molar-refractivity contribution in [3.8, 4) is 5.75 Å². The molecule has 0 radical (unpaired) electrons. The van der Waals surface area contributed by atoms with Crippen LogP contribution in [0.4, 0.5) is 15.9 Å². The lowest BCUT2D eigenvalue weighted by atomic mass is 9.93. The lowest BCUT2D eigenvalue weighted by molar-refractivity contribution is 0.140. The maximum Gasteiger partial charge on any atom is 0.224 e. The fourth-order valence-corrected chi connectivity index (χ4v) is 3.46. The second kappa shape index (κ2) is 8.84. The molecule has 0 unspecified atom stereocenters. The average molecular weight is 399 g/mol. The number of halogens is 3. The van der Waals surface area contributed by atoms with Gasteiger partial charge in [-0.1, -0.05) is 18.5 Å². The molecule has 2 N–H and O–H groups in total. The summed E-state index contributed by atoms with van der Waals surface area (Å²) >= 11 is 12.0. The van der Waals surface area contributed by atoms with Crippen LogP contribution in [0.1, 0.15) is 32.6 Å². The van der Waals surface area contributed by atoms with Gasteiger partial charge in [-0.15, -0.1) is 0 Å². The molecule has 0 saturated heterocycles. The van der Waals surface area contributed by atoms with Gasteiger partial charge >= 0.3 is 0 Å². The van der Waals surface area contributed by atoms with Crippen LogP contribution in [0.15, 0.2) is 24.4 Å². The molecular weight excluding hydrogens is 378 g/mol. The predicted octanol–water partition coefficient (Wildman–Crippen LogP) is 4.97. The third-order valence-electron chi connectivity index (χ3n) is 4.37. The van der Waals surface area contributed by atoms with Crippen LogP contribution < -0.4 is 15.4 Å². The predicted molar refractivity (Wildman–Crippen MR) is 102 cm³/mol. The minimum Gasteiger partial charge on any atom is -0.489 e. The molecule has 1 aromatic heterocycles. The summed E-state index contributed by atoms with van der Waals surface area (Å²) in [5, 5.41) is 6.75. The van der Waals surface area contributed by atoms with Crippen molar-refractivity contribution >= 4 is 34.7 Å². The molecule has 0 bridgehead atoms. The Hall–Kier alpha value is -1.63. The van der Waals surface area contributed by atoms with Gasteiger partial charge in [-0.05, 0) is 62.0 Å². The minimum atomic E-state index is -0.594. The van der Waals surface area contributed by atoms with Crippen LogP contribution in [-0.2, 0) is 0 Å². The first-order chi connectivity index (χ1) is 12.5. The SMILES string of the molecule is CCNC1CCC(Oc2ccc(Nc3nc(Cl)ncc3F)cc2Cl)CC1. The summed E-state index contributed by atoms with van der Waals surface area (Å²) in [5.74, 6) is 0.0325. The summed E-state index contributed by atoms with van der Waals surface area (Å²) in [5.41, 5.74) is 0.590. The van der Waals surface area contributed by atoms with E-state index < -0.39 is 5.82 Å². The zero-order valence-corrected chi connectivity index (χ0v) is 15.9. The quantitative estimate of drug-likeness (QED) is 0.672. The van der Waals surface area contributed by atoms with Crippen LogP contribution in [0, 0.1) is 5.82 Å². The van der Waals surface area contributed by atoms with Crippen LogP contribution in [0.25, 0.3) is 0 Å². The van der Waals surface area contributed by atoms with Crippen molar-refractivity contribution in [3.05, 3.63) is 40.5 Å². The Labute approximate surface area is 162 Å². The number of benzene rings is 1. The van der Waals surface area contributed by atoms with Gasteiger partial charge in [0.2, 0.25) is 5.28 Å². The summed E-state index contributed by atoms with van der Waals surface area (Å²) in [6.45, 7) is 3.12. The molecule has 1 aliphatic carbocycles. The molecule has 1 heterocycles. The maximum absolute atomic E-state index is 13.7. The monoisotopic (exact) mass is 398 g/mol. The fraction of sp³-hybridized carbons (Fsp3) is 0.444. The standard InChI is InChI=1S/C18H21Cl2FN4O/c1-2-22-11-3-6-13(7-4-11)26-16-8-5-12(9-14(16)19)24-17-15(21)10-23-18(20)25-17/h5,8-11,13,22H,2-4,6-7H2,1H3,(H,23,24,25). The van der Waals surface area contributed by atoms with Crippen molar-refractivity contribution in [2.24, 2.45) is 0 Å². The van der Waals surface area contributed by atoms with Crippen molar-refractivity contribution in [2.45, 2.75) is 44.8 Å². The van der Waals surface area contributed by atoms with E-state index in [-0.39, 0.29) is 17.2 Å². The molecule has 26 heavy (non-hydrogen) atoms. The molecular formula is C18H21Cl2FN4O. The van der Waals surface area contributed by atoms with E-state index in [0.717, 1.165) is 38.4 Å². The number of nitrogens with one attached hydrogen (secondary N) is 2. The van der Waals surface area contributed by atoms with Crippen molar-refractivity contribution in [1.82, 2.24) is 15.3 Å². The van der Waals surface area contributed by atoms with E-state index in [0.29, 0.717) is 22.5 Å². The van der Waals surface area contributed by atoms with Crippen LogP contribution in [-0.4, -0.2) is 28.7 Å². The lowest BCUT2D eigenvalue weighted by Gasteiger charge is -2.29. The maximum atomic E-state index is 13.7. The lowest BCUT2D eigenvalue weighted by Crippen LogP contribution is -2.36. The topological polar surface area (TPSA) is 59.1 Å². The molecule has 5 nitrogen and oxygen atoms in total. The normalized spacial score (nSPS) is 20.0. The number of ether oxygens (including phenoxy) is 1. The van der Waals surface area contributed by atoms with Gasteiger partial charge in [0.15, 0.2) is 11.6 Å². The van der Waals surface area contributed by atoms with Crippen molar-refractivity contribution < 1.29 is 9.13 Å². The Morgan fingerprint density at radius 1 is 1.23 bits per heavy atom. The van der Waals surface area contributed by atoms with Crippen molar-refractivity contribution in [1.29, 1.82) is 0 Å². The Morgan fingerprint density at radius 3 is 2.69 bits per heavy atom. The molecule has 8 heteroatoms. The largest absolute Gasteiger partial charge is 0.489 e. The first-order valence-corrected chi connectivity index (χ1v) is 9.45. The van der Waals surface area contributed by atoms with Gasteiger partial charge in [-0.3, -0.25) is 0 Å². The minimum absolute atomic E-state index is 0.00326. The van der Waals surface area contributed by atoms with Crippen LogP contribution in [0.3, 0.4) is 0 Å². The summed E-state index contributed by atoms with van der Waals surface area (Å²) in [6.07, 6.45) is 5.38. The van der Waals surface area contributed by atoms with Gasteiger partial charge in [0, 0.05) is 11.7 Å². The summed E-state index contributed by atoms with van der Waals surface area (Å²) in [7, 11) is 0. The van der Waals surface area contributed by atoms with Crippen LogP contribution in [0.2, 0.25) is 10.3 Å². The Morgan fingerprint density at radius 2 is 2.00 bits per heavy atom. The average Bonchev–Trinajstić information content (AvgIpc) is 2.62. The molecule has 2 aromatic rings. The number of hydrogen-bond donors (Lipinski definition) is 2. The zero-order chi connectivity index (χ0) is 18.5. The van der Waals surface area contributed by atoms with Gasteiger partial charge < -0.3 is 15.4 Å². The number of anilines is 2. The first-order valence-electron chi connectivity index (χ1n) is 8.69. The Kier molecular flexibility index (Phi) is 6.51. The number of aromatic nitrogens is 2. The summed E-state index contributed by atoms with van der Waals surface area (Å²) in [6, 6.07) is 5.80. The number of hydrogen-bond acceptors (Lipinski definition) is 5. The highest BCUT2D eigenvalue weighted by Crippen LogP contribution is 2.32. The van der Waals surface area contributed by atoms with E-state index in [2.05, 4.69) is 27.5 Å². The first kappa shape index (κ1) is 19.1. The highest BCUT2D eigenvalue weighted by molar-refractivity contribution is 6.32. The van der Waals surface area contributed by atoms with E-state index in [1.807, 2.05) is 0 Å². The molecule has 1 aliphatic rings. The van der Waals surface area contributed by atoms with Crippen molar-refractivity contribution in [2.75, 3.05) is 11.9 Å². The zero-order valence-electron chi connectivity index (χ0n) is 14.4. The third kappa shape index (κ3) is 4.96. The van der Waals surface area contributed by atoms with Crippen molar-refractivity contribution in [3.63, 3.8) is 0 Å². The number of rotatable bonds is 6. The Bertz CT molecular complexity index is 754. The fourth-order valence-electron chi connectivity index (χ4n) is 3.10. The molecule has 0 spiro atoms. The number of nitrogens with zero attached hydrogens (tertiary/aromatic N) is 2. The van der Waals surface area contributed by atoms with Gasteiger partial charge in [0.05, 0.1) is 17.3 Å². The van der Waals surface area contributed by atoms with Gasteiger partial charge in [-0.2, -0.15) is 4.98 Å². The summed E-state index contributed by atoms with van der Waals surface area (Å²) < 4.78 is 19.8.